The summed E-state index contributed by atoms with van der Waals surface area (Å²) < 4.78 is 1.08. The van der Waals surface area contributed by atoms with Gasteiger partial charge in [0, 0.05) is 15.5 Å². The Morgan fingerprint density at radius 1 is 1.53 bits per heavy atom. The van der Waals surface area contributed by atoms with Gasteiger partial charge >= 0.3 is 0 Å². The Morgan fingerprint density at radius 2 is 2.33 bits per heavy atom. The van der Waals surface area contributed by atoms with Crippen molar-refractivity contribution in [2.24, 2.45) is 0 Å². The van der Waals surface area contributed by atoms with Gasteiger partial charge in [-0.2, -0.15) is 0 Å². The molecule has 2 rings (SSSR count). The second-order valence-corrected chi connectivity index (χ2v) is 5.32. The lowest BCUT2D eigenvalue weighted by molar-refractivity contribution is 0.529. The lowest BCUT2D eigenvalue weighted by Gasteiger charge is -2.13. The highest BCUT2D eigenvalue weighted by atomic mass is 79.9. The first-order valence-corrected chi connectivity index (χ1v) is 6.60. The molecule has 0 saturated heterocycles. The monoisotopic (exact) mass is 287 g/mol. The lowest BCUT2D eigenvalue weighted by atomic mass is 10.1. The van der Waals surface area contributed by atoms with Crippen LogP contribution in [0.15, 0.2) is 16.6 Å². The number of hydrogen-bond acceptors (Lipinski definition) is 1. The normalized spacial score (nSPS) is 19.3. The molecule has 15 heavy (non-hydrogen) atoms. The van der Waals surface area contributed by atoms with Gasteiger partial charge in [-0.15, -0.1) is 0 Å². The minimum atomic E-state index is 0.495. The van der Waals surface area contributed by atoms with Crippen molar-refractivity contribution in [2.75, 3.05) is 6.54 Å². The Balaban J connectivity index is 2.25. The second kappa shape index (κ2) is 4.86. The fraction of sp³-hybridized carbons (Fsp3) is 0.500. The fourth-order valence-corrected chi connectivity index (χ4v) is 3.10. The average Bonchev–Trinajstić information content (AvgIpc) is 2.58. The molecule has 3 heteroatoms. The molecule has 1 aromatic carbocycles. The van der Waals surface area contributed by atoms with E-state index in [0.29, 0.717) is 6.04 Å². The Kier molecular flexibility index (Phi) is 3.70. The van der Waals surface area contributed by atoms with Crippen LogP contribution in [0.3, 0.4) is 0 Å². The van der Waals surface area contributed by atoms with E-state index in [1.807, 2.05) is 6.07 Å². The van der Waals surface area contributed by atoms with Crippen LogP contribution in [0.25, 0.3) is 0 Å². The van der Waals surface area contributed by atoms with Gasteiger partial charge in [0.05, 0.1) is 0 Å². The first kappa shape index (κ1) is 11.4. The third-order valence-electron chi connectivity index (χ3n) is 2.89. The molecule has 1 N–H and O–H groups in total. The van der Waals surface area contributed by atoms with E-state index in [2.05, 4.69) is 34.2 Å². The summed E-state index contributed by atoms with van der Waals surface area (Å²) in [5.41, 5.74) is 2.70. The zero-order chi connectivity index (χ0) is 10.8. The number of benzene rings is 1. The molecule has 1 unspecified atom stereocenters. The minimum absolute atomic E-state index is 0.495. The molecule has 0 aromatic heterocycles. The van der Waals surface area contributed by atoms with E-state index in [9.17, 15) is 0 Å². The van der Waals surface area contributed by atoms with Crippen molar-refractivity contribution in [3.63, 3.8) is 0 Å². The van der Waals surface area contributed by atoms with Gasteiger partial charge in [-0.05, 0) is 49.1 Å². The quantitative estimate of drug-likeness (QED) is 0.883. The molecule has 0 fully saturated rings. The van der Waals surface area contributed by atoms with Crippen LogP contribution in [0.5, 0.6) is 0 Å². The predicted octanol–water partition coefficient (Wildman–Crippen LogP) is 4.09. The van der Waals surface area contributed by atoms with Gasteiger partial charge in [-0.3, -0.25) is 0 Å². The van der Waals surface area contributed by atoms with E-state index >= 15 is 0 Å². The summed E-state index contributed by atoms with van der Waals surface area (Å²) in [6.07, 6.45) is 3.45. The molecule has 1 aliphatic rings. The van der Waals surface area contributed by atoms with Gasteiger partial charge in [0.1, 0.15) is 0 Å². The molecule has 1 aliphatic carbocycles. The minimum Gasteiger partial charge on any atom is -0.310 e. The van der Waals surface area contributed by atoms with E-state index < -0.39 is 0 Å². The van der Waals surface area contributed by atoms with Crippen LogP contribution >= 0.6 is 27.5 Å². The highest BCUT2D eigenvalue weighted by Crippen LogP contribution is 2.37. The van der Waals surface area contributed by atoms with E-state index in [0.717, 1.165) is 22.5 Å². The van der Waals surface area contributed by atoms with Crippen LogP contribution < -0.4 is 5.32 Å². The van der Waals surface area contributed by atoms with Crippen molar-refractivity contribution < 1.29 is 0 Å². The van der Waals surface area contributed by atoms with Gasteiger partial charge in [0.15, 0.2) is 0 Å². The van der Waals surface area contributed by atoms with E-state index in [1.165, 1.54) is 24.0 Å². The third kappa shape index (κ3) is 2.38. The molecule has 0 aliphatic heterocycles. The van der Waals surface area contributed by atoms with Crippen LogP contribution in [0, 0.1) is 0 Å². The van der Waals surface area contributed by atoms with Gasteiger partial charge in [0.2, 0.25) is 0 Å². The lowest BCUT2D eigenvalue weighted by Crippen LogP contribution is -2.19. The molecule has 82 valence electrons. The first-order chi connectivity index (χ1) is 7.22. The van der Waals surface area contributed by atoms with E-state index in [4.69, 9.17) is 11.6 Å². The molecule has 0 bridgehead atoms. The molecular weight excluding hydrogens is 273 g/mol. The molecule has 0 amide bonds. The Hall–Kier alpha value is -0.0500. The number of halogens is 2. The van der Waals surface area contributed by atoms with Crippen molar-refractivity contribution in [3.8, 4) is 0 Å². The van der Waals surface area contributed by atoms with Gasteiger partial charge in [0.25, 0.3) is 0 Å². The average molecular weight is 289 g/mol. The summed E-state index contributed by atoms with van der Waals surface area (Å²) in [5, 5.41) is 4.47. The Morgan fingerprint density at radius 3 is 3.07 bits per heavy atom. The maximum atomic E-state index is 6.22. The Bertz CT molecular complexity index is 365. The van der Waals surface area contributed by atoms with Gasteiger partial charge < -0.3 is 5.32 Å². The van der Waals surface area contributed by atoms with Crippen molar-refractivity contribution in [2.45, 2.75) is 32.2 Å². The molecule has 0 saturated carbocycles. The first-order valence-electron chi connectivity index (χ1n) is 5.43. The molecular formula is C12H15BrClN. The van der Waals surface area contributed by atoms with Crippen LogP contribution in [0.2, 0.25) is 5.02 Å². The van der Waals surface area contributed by atoms with Crippen LogP contribution in [-0.2, 0) is 6.42 Å². The molecule has 1 atom stereocenters. The van der Waals surface area contributed by atoms with Gasteiger partial charge in [-0.25, -0.2) is 0 Å². The zero-order valence-electron chi connectivity index (χ0n) is 8.82. The van der Waals surface area contributed by atoms with Crippen molar-refractivity contribution >= 4 is 27.5 Å². The molecule has 0 radical (unpaired) electrons. The van der Waals surface area contributed by atoms with Crippen molar-refractivity contribution in [1.82, 2.24) is 5.32 Å². The topological polar surface area (TPSA) is 12.0 Å². The third-order valence-corrected chi connectivity index (χ3v) is 3.69. The highest BCUT2D eigenvalue weighted by molar-refractivity contribution is 9.10. The summed E-state index contributed by atoms with van der Waals surface area (Å²) in [6, 6.07) is 4.68. The molecule has 0 spiro atoms. The number of hydrogen-bond donors (Lipinski definition) is 1. The maximum absolute atomic E-state index is 6.22. The SMILES string of the molecule is CCCNC1CCc2c(Cl)cc(Br)cc21. The second-order valence-electron chi connectivity index (χ2n) is 4.00. The number of nitrogens with one attached hydrogen (secondary N) is 1. The predicted molar refractivity (Wildman–Crippen MR) is 68.5 cm³/mol. The largest absolute Gasteiger partial charge is 0.310 e. The summed E-state index contributed by atoms with van der Waals surface area (Å²) in [5.74, 6) is 0. The van der Waals surface area contributed by atoms with Crippen LogP contribution in [-0.4, -0.2) is 6.54 Å². The molecule has 1 aromatic rings. The zero-order valence-corrected chi connectivity index (χ0v) is 11.2. The van der Waals surface area contributed by atoms with E-state index in [-0.39, 0.29) is 0 Å². The van der Waals surface area contributed by atoms with E-state index in [1.54, 1.807) is 0 Å². The summed E-state index contributed by atoms with van der Waals surface area (Å²) >= 11 is 9.72. The smallest absolute Gasteiger partial charge is 0.0452 e. The van der Waals surface area contributed by atoms with Crippen LogP contribution in [0.4, 0.5) is 0 Å². The number of fused-ring (bicyclic) bond motifs is 1. The highest BCUT2D eigenvalue weighted by Gasteiger charge is 2.24. The summed E-state index contributed by atoms with van der Waals surface area (Å²) in [7, 11) is 0. The summed E-state index contributed by atoms with van der Waals surface area (Å²) in [4.78, 5) is 0. The maximum Gasteiger partial charge on any atom is 0.0452 e. The van der Waals surface area contributed by atoms with Crippen LogP contribution in [0.1, 0.15) is 36.9 Å². The fourth-order valence-electron chi connectivity index (χ4n) is 2.17. The van der Waals surface area contributed by atoms with Crippen molar-refractivity contribution in [1.29, 1.82) is 0 Å². The Labute approximate surface area is 104 Å². The summed E-state index contributed by atoms with van der Waals surface area (Å²) in [6.45, 7) is 3.27. The molecule has 0 heterocycles. The van der Waals surface area contributed by atoms with Crippen molar-refractivity contribution in [3.05, 3.63) is 32.8 Å². The van der Waals surface area contributed by atoms with Gasteiger partial charge in [-0.1, -0.05) is 34.5 Å². The number of rotatable bonds is 3. The molecule has 1 nitrogen and oxygen atoms in total. The standard InChI is InChI=1S/C12H15BrClN/c1-2-5-15-12-4-3-9-10(12)6-8(13)7-11(9)14/h6-7,12,15H,2-5H2,1H3.